The molecule has 1 N–H and O–H groups in total. The molecule has 0 spiro atoms. The van der Waals surface area contributed by atoms with Gasteiger partial charge < -0.3 is 19.1 Å². The molecule has 232 valence electrons. The fourth-order valence-electron chi connectivity index (χ4n) is 5.76. The van der Waals surface area contributed by atoms with Gasteiger partial charge in [0.05, 0.1) is 41.9 Å². The van der Waals surface area contributed by atoms with Gasteiger partial charge in [-0.2, -0.15) is 0 Å². The van der Waals surface area contributed by atoms with Crippen molar-refractivity contribution >= 4 is 33.4 Å². The fraction of sp³-hybridized carbons (Fsp3) is 0.108. The molecule has 0 bridgehead atoms. The number of fused-ring (bicyclic) bond motifs is 2. The molecule has 0 radical (unpaired) electrons. The molecule has 0 aliphatic carbocycles. The fourth-order valence-corrected chi connectivity index (χ4v) is 6.40. The number of benzene rings is 4. The van der Waals surface area contributed by atoms with Crippen molar-refractivity contribution in [2.24, 2.45) is 0 Å². The Bertz CT molecular complexity index is 2270. The molecule has 1 fully saturated rings. The van der Waals surface area contributed by atoms with Crippen molar-refractivity contribution in [3.8, 4) is 27.6 Å². The Kier molecular flexibility index (Phi) is 7.90. The molecule has 4 aromatic heterocycles. The highest BCUT2D eigenvalue weighted by Gasteiger charge is 2.19. The molecule has 9 rings (SSSR count). The Balaban J connectivity index is 0.000000139. The van der Waals surface area contributed by atoms with E-state index in [0.29, 0.717) is 13.2 Å². The Morgan fingerprint density at radius 2 is 1.38 bits per heavy atom. The minimum Gasteiger partial charge on any atom is -0.392 e. The van der Waals surface area contributed by atoms with Crippen LogP contribution in [0.3, 0.4) is 0 Å². The number of nitrogens with zero attached hydrogens (tertiary/aromatic N) is 6. The van der Waals surface area contributed by atoms with Crippen LogP contribution in [-0.2, 0) is 16.1 Å². The van der Waals surface area contributed by atoms with Gasteiger partial charge in [-0.3, -0.25) is 9.13 Å². The zero-order valence-corrected chi connectivity index (χ0v) is 26.1. The molecule has 0 unspecified atom stereocenters. The van der Waals surface area contributed by atoms with E-state index < -0.39 is 0 Å². The van der Waals surface area contributed by atoms with Crippen LogP contribution in [0, 0.1) is 0 Å². The third-order valence-corrected chi connectivity index (χ3v) is 8.90. The van der Waals surface area contributed by atoms with Crippen molar-refractivity contribution in [3.05, 3.63) is 145 Å². The standard InChI is InChI=1S/C20H17N3O2.C17H13N3OS/c1-2-9-22(8-1)16-4-3-5-17(13-16)23-14-21-18-12-15(6-7-19(18)23)20-24-10-11-25-20;21-10-12-4-5-16-15(8-12)19-11-20(16)14-3-1-2-13(9-14)17-18-6-7-22-17/h1-9,12-14,20H,10-11H2;1-9,11,21H,10H2. The maximum atomic E-state index is 9.22. The lowest BCUT2D eigenvalue weighted by Gasteiger charge is -2.10. The number of aliphatic hydroxyl groups is 1. The summed E-state index contributed by atoms with van der Waals surface area (Å²) in [6, 6.07) is 32.7. The summed E-state index contributed by atoms with van der Waals surface area (Å²) < 4.78 is 17.4. The summed E-state index contributed by atoms with van der Waals surface area (Å²) in [5.74, 6) is 0. The minimum atomic E-state index is -0.272. The quantitative estimate of drug-likeness (QED) is 0.203. The molecule has 1 aliphatic rings. The number of hydrogen-bond acceptors (Lipinski definition) is 7. The first-order valence-corrected chi connectivity index (χ1v) is 16.1. The molecule has 5 heterocycles. The van der Waals surface area contributed by atoms with E-state index in [0.717, 1.165) is 60.8 Å². The first-order valence-electron chi connectivity index (χ1n) is 15.2. The van der Waals surface area contributed by atoms with E-state index in [9.17, 15) is 5.11 Å². The molecule has 1 saturated heterocycles. The average molecular weight is 639 g/mol. The van der Waals surface area contributed by atoms with Crippen molar-refractivity contribution in [3.63, 3.8) is 0 Å². The largest absolute Gasteiger partial charge is 0.392 e. The second-order valence-electron chi connectivity index (χ2n) is 11.0. The average Bonchev–Trinajstić information content (AvgIpc) is 3.98. The van der Waals surface area contributed by atoms with Crippen molar-refractivity contribution in [2.45, 2.75) is 12.9 Å². The predicted octanol–water partition coefficient (Wildman–Crippen LogP) is 7.50. The first-order chi connectivity index (χ1) is 23.2. The SMILES string of the molecule is OCc1ccc2c(c1)ncn2-c1cccc(-c2nccs2)c1.c1cc(-n2cccc2)cc(-n2cnc3cc(C4OCCO4)ccc32)c1. The summed E-state index contributed by atoms with van der Waals surface area (Å²) >= 11 is 1.63. The van der Waals surface area contributed by atoms with Crippen LogP contribution in [0.4, 0.5) is 0 Å². The van der Waals surface area contributed by atoms with E-state index in [2.05, 4.69) is 72.6 Å². The van der Waals surface area contributed by atoms with E-state index in [-0.39, 0.29) is 12.9 Å². The number of hydrogen-bond donors (Lipinski definition) is 1. The summed E-state index contributed by atoms with van der Waals surface area (Å²) in [6.45, 7) is 1.31. The summed E-state index contributed by atoms with van der Waals surface area (Å²) in [5, 5.41) is 12.2. The first kappa shape index (κ1) is 29.0. The number of aliphatic hydroxyl groups excluding tert-OH is 1. The van der Waals surface area contributed by atoms with Gasteiger partial charge in [0.15, 0.2) is 6.29 Å². The molecule has 10 heteroatoms. The molecule has 47 heavy (non-hydrogen) atoms. The number of thiazole rings is 1. The highest BCUT2D eigenvalue weighted by Crippen LogP contribution is 2.28. The van der Waals surface area contributed by atoms with Gasteiger partial charge in [0, 0.05) is 52.2 Å². The smallest absolute Gasteiger partial charge is 0.184 e. The van der Waals surface area contributed by atoms with Crippen LogP contribution in [0.1, 0.15) is 17.4 Å². The molecule has 9 nitrogen and oxygen atoms in total. The van der Waals surface area contributed by atoms with Crippen LogP contribution >= 0.6 is 11.3 Å². The highest BCUT2D eigenvalue weighted by atomic mass is 32.1. The van der Waals surface area contributed by atoms with Crippen molar-refractivity contribution in [1.29, 1.82) is 0 Å². The Hall–Kier alpha value is -5.39. The van der Waals surface area contributed by atoms with Crippen LogP contribution in [0.25, 0.3) is 49.7 Å². The zero-order valence-electron chi connectivity index (χ0n) is 25.3. The summed E-state index contributed by atoms with van der Waals surface area (Å²) in [5.41, 5.74) is 10.1. The van der Waals surface area contributed by atoms with Gasteiger partial charge in [0.25, 0.3) is 0 Å². The monoisotopic (exact) mass is 638 g/mol. The van der Waals surface area contributed by atoms with Gasteiger partial charge in [0.1, 0.15) is 17.7 Å². The number of imidazole rings is 2. The second-order valence-corrected chi connectivity index (χ2v) is 11.9. The van der Waals surface area contributed by atoms with E-state index in [1.165, 1.54) is 0 Å². The third kappa shape index (κ3) is 5.86. The minimum absolute atomic E-state index is 0.0301. The predicted molar refractivity (Wildman–Crippen MR) is 183 cm³/mol. The van der Waals surface area contributed by atoms with Crippen LogP contribution < -0.4 is 0 Å². The lowest BCUT2D eigenvalue weighted by Crippen LogP contribution is -1.98. The van der Waals surface area contributed by atoms with Gasteiger partial charge in [0.2, 0.25) is 0 Å². The molecule has 4 aromatic carbocycles. The van der Waals surface area contributed by atoms with Gasteiger partial charge in [-0.15, -0.1) is 11.3 Å². The number of aromatic nitrogens is 6. The van der Waals surface area contributed by atoms with Crippen LogP contribution in [0.15, 0.2) is 134 Å². The van der Waals surface area contributed by atoms with Crippen LogP contribution in [0.5, 0.6) is 0 Å². The molecular formula is C37H30N6O3S. The normalized spacial score (nSPS) is 13.3. The molecule has 0 amide bonds. The zero-order chi connectivity index (χ0) is 31.6. The van der Waals surface area contributed by atoms with E-state index >= 15 is 0 Å². The molecule has 0 atom stereocenters. The molecular weight excluding hydrogens is 609 g/mol. The van der Waals surface area contributed by atoms with Gasteiger partial charge in [-0.1, -0.05) is 30.3 Å². The molecule has 0 saturated carbocycles. The summed E-state index contributed by atoms with van der Waals surface area (Å²) in [6.07, 6.45) is 9.30. The molecule has 8 aromatic rings. The Labute approximate surface area is 274 Å². The third-order valence-electron chi connectivity index (χ3n) is 8.07. The topological polar surface area (TPSA) is 92.2 Å². The van der Waals surface area contributed by atoms with Crippen molar-refractivity contribution < 1.29 is 14.6 Å². The van der Waals surface area contributed by atoms with Gasteiger partial charge in [-0.05, 0) is 72.3 Å². The second kappa shape index (κ2) is 12.8. The highest BCUT2D eigenvalue weighted by molar-refractivity contribution is 7.13. The number of ether oxygens (including phenoxy) is 2. The van der Waals surface area contributed by atoms with E-state index in [1.807, 2.05) is 89.7 Å². The maximum Gasteiger partial charge on any atom is 0.184 e. The summed E-state index contributed by atoms with van der Waals surface area (Å²) in [7, 11) is 0. The number of rotatable bonds is 6. The maximum absolute atomic E-state index is 9.22. The molecule has 1 aliphatic heterocycles. The van der Waals surface area contributed by atoms with Crippen LogP contribution in [0.2, 0.25) is 0 Å². The van der Waals surface area contributed by atoms with Gasteiger partial charge >= 0.3 is 0 Å². The van der Waals surface area contributed by atoms with Crippen molar-refractivity contribution in [1.82, 2.24) is 28.7 Å². The Morgan fingerprint density at radius 1 is 0.702 bits per heavy atom. The summed E-state index contributed by atoms with van der Waals surface area (Å²) in [4.78, 5) is 13.4. The van der Waals surface area contributed by atoms with Crippen LogP contribution in [-0.4, -0.2) is 47.0 Å². The lowest BCUT2D eigenvalue weighted by atomic mass is 10.2. The van der Waals surface area contributed by atoms with E-state index in [4.69, 9.17) is 9.47 Å². The van der Waals surface area contributed by atoms with Gasteiger partial charge in [-0.25, -0.2) is 15.0 Å². The Morgan fingerprint density at radius 3 is 2.11 bits per heavy atom. The van der Waals surface area contributed by atoms with Crippen molar-refractivity contribution in [2.75, 3.05) is 13.2 Å². The van der Waals surface area contributed by atoms with E-state index in [1.54, 1.807) is 11.3 Å². The lowest BCUT2D eigenvalue weighted by molar-refractivity contribution is -0.0440.